The molecule has 0 amide bonds. The second-order valence-corrected chi connectivity index (χ2v) is 4.02. The van der Waals surface area contributed by atoms with Gasteiger partial charge in [0, 0.05) is 6.20 Å². The van der Waals surface area contributed by atoms with E-state index < -0.39 is 0 Å². The van der Waals surface area contributed by atoms with Crippen LogP contribution in [0.2, 0.25) is 0 Å². The summed E-state index contributed by atoms with van der Waals surface area (Å²) in [6.45, 7) is 2.16. The monoisotopic (exact) mass is 227 g/mol. The fraction of sp³-hybridized carbons (Fsp3) is 0.214. The molecule has 1 heterocycles. The molecule has 0 aliphatic carbocycles. The van der Waals surface area contributed by atoms with Gasteiger partial charge in [0.1, 0.15) is 0 Å². The van der Waals surface area contributed by atoms with E-state index in [0.717, 1.165) is 12.1 Å². The number of hydrogen-bond acceptors (Lipinski definition) is 3. The molecule has 0 aliphatic rings. The fourth-order valence-electron chi connectivity index (χ4n) is 1.84. The van der Waals surface area contributed by atoms with Crippen molar-refractivity contribution in [2.24, 2.45) is 0 Å². The zero-order chi connectivity index (χ0) is 12.1. The predicted molar refractivity (Wildman–Crippen MR) is 71.7 cm³/mol. The molecule has 88 valence electrons. The molecule has 1 atom stereocenters. The molecule has 3 nitrogen and oxygen atoms in total. The van der Waals surface area contributed by atoms with Gasteiger partial charge in [0.15, 0.2) is 0 Å². The van der Waals surface area contributed by atoms with Crippen LogP contribution in [-0.2, 0) is 0 Å². The molecule has 0 saturated heterocycles. The van der Waals surface area contributed by atoms with Gasteiger partial charge in [-0.05, 0) is 18.1 Å². The first kappa shape index (κ1) is 11.5. The summed E-state index contributed by atoms with van der Waals surface area (Å²) in [6.07, 6.45) is 4.45. The second-order valence-electron chi connectivity index (χ2n) is 4.02. The van der Waals surface area contributed by atoms with E-state index >= 15 is 0 Å². The van der Waals surface area contributed by atoms with E-state index in [0.29, 0.717) is 11.7 Å². The lowest BCUT2D eigenvalue weighted by molar-refractivity contribution is 0.749. The third kappa shape index (κ3) is 2.97. The quantitative estimate of drug-likeness (QED) is 0.843. The summed E-state index contributed by atoms with van der Waals surface area (Å²) in [7, 11) is 0. The minimum atomic E-state index is 0.291. The van der Waals surface area contributed by atoms with Crippen molar-refractivity contribution in [3.63, 3.8) is 0 Å². The van der Waals surface area contributed by atoms with Gasteiger partial charge in [0.2, 0.25) is 0 Å². The molecule has 0 radical (unpaired) electrons. The summed E-state index contributed by atoms with van der Waals surface area (Å²) in [5.41, 5.74) is 8.62. The molecule has 0 fully saturated rings. The van der Waals surface area contributed by atoms with Crippen LogP contribution in [0.5, 0.6) is 0 Å². The van der Waals surface area contributed by atoms with Gasteiger partial charge in [-0.1, -0.05) is 37.3 Å². The highest BCUT2D eigenvalue weighted by Gasteiger charge is 2.08. The van der Waals surface area contributed by atoms with Crippen LogP contribution in [0, 0.1) is 0 Å². The number of hydrogen-bond donors (Lipinski definition) is 2. The van der Waals surface area contributed by atoms with Gasteiger partial charge in [-0.15, -0.1) is 0 Å². The number of nitrogen functional groups attached to an aromatic ring is 1. The van der Waals surface area contributed by atoms with Crippen molar-refractivity contribution in [2.45, 2.75) is 19.4 Å². The summed E-state index contributed by atoms with van der Waals surface area (Å²) in [5, 5.41) is 3.44. The van der Waals surface area contributed by atoms with Crippen LogP contribution in [0.4, 0.5) is 11.4 Å². The first-order valence-corrected chi connectivity index (χ1v) is 5.81. The number of rotatable bonds is 4. The fourth-order valence-corrected chi connectivity index (χ4v) is 1.84. The molecule has 0 saturated carbocycles. The smallest absolute Gasteiger partial charge is 0.0552 e. The molecule has 1 aromatic carbocycles. The predicted octanol–water partition coefficient (Wildman–Crippen LogP) is 3.23. The molecule has 3 heteroatoms. The van der Waals surface area contributed by atoms with Crippen molar-refractivity contribution in [1.82, 2.24) is 4.98 Å². The summed E-state index contributed by atoms with van der Waals surface area (Å²) in [6, 6.07) is 12.6. The first-order chi connectivity index (χ1) is 8.29. The molecule has 0 bridgehead atoms. The average Bonchev–Trinajstić information content (AvgIpc) is 2.37. The van der Waals surface area contributed by atoms with Crippen molar-refractivity contribution in [3.8, 4) is 0 Å². The number of nitrogens with two attached hydrogens (primary N) is 1. The lowest BCUT2D eigenvalue weighted by atomic mass is 10.0. The molecule has 2 aromatic rings. The van der Waals surface area contributed by atoms with E-state index in [1.807, 2.05) is 12.1 Å². The topological polar surface area (TPSA) is 50.9 Å². The van der Waals surface area contributed by atoms with Crippen molar-refractivity contribution in [3.05, 3.63) is 54.4 Å². The summed E-state index contributed by atoms with van der Waals surface area (Å²) >= 11 is 0. The lowest BCUT2D eigenvalue weighted by Crippen LogP contribution is -2.09. The minimum Gasteiger partial charge on any atom is -0.397 e. The van der Waals surface area contributed by atoms with Crippen LogP contribution >= 0.6 is 0 Å². The van der Waals surface area contributed by atoms with E-state index in [9.17, 15) is 0 Å². The summed E-state index contributed by atoms with van der Waals surface area (Å²) in [5.74, 6) is 0. The Morgan fingerprint density at radius 3 is 2.65 bits per heavy atom. The largest absolute Gasteiger partial charge is 0.397 e. The van der Waals surface area contributed by atoms with Crippen LogP contribution < -0.4 is 11.1 Å². The summed E-state index contributed by atoms with van der Waals surface area (Å²) in [4.78, 5) is 4.08. The number of nitrogens with one attached hydrogen (secondary N) is 1. The van der Waals surface area contributed by atoms with E-state index in [-0.39, 0.29) is 0 Å². The molecular weight excluding hydrogens is 210 g/mol. The number of aromatic nitrogens is 1. The Bertz CT molecular complexity index is 468. The van der Waals surface area contributed by atoms with Crippen molar-refractivity contribution < 1.29 is 0 Å². The molecule has 2 rings (SSSR count). The Hall–Kier alpha value is -2.03. The normalized spacial score (nSPS) is 12.1. The van der Waals surface area contributed by atoms with Crippen LogP contribution in [0.15, 0.2) is 48.8 Å². The zero-order valence-electron chi connectivity index (χ0n) is 9.93. The Labute approximate surface area is 102 Å². The van der Waals surface area contributed by atoms with E-state index in [1.54, 1.807) is 12.4 Å². The lowest BCUT2D eigenvalue weighted by Gasteiger charge is -2.18. The minimum absolute atomic E-state index is 0.291. The van der Waals surface area contributed by atoms with Gasteiger partial charge >= 0.3 is 0 Å². The standard InChI is InChI=1S/C14H17N3/c1-2-14(11-6-4-3-5-7-11)17-13-8-12(15)9-16-10-13/h3-10,14,17H,2,15H2,1H3. The van der Waals surface area contributed by atoms with Crippen LogP contribution in [0.25, 0.3) is 0 Å². The number of anilines is 2. The van der Waals surface area contributed by atoms with Gasteiger partial charge in [0.25, 0.3) is 0 Å². The van der Waals surface area contributed by atoms with E-state index in [2.05, 4.69) is 41.5 Å². The maximum Gasteiger partial charge on any atom is 0.0552 e. The molecule has 0 aliphatic heterocycles. The third-order valence-electron chi connectivity index (χ3n) is 2.71. The maximum atomic E-state index is 5.71. The van der Waals surface area contributed by atoms with Crippen molar-refractivity contribution >= 4 is 11.4 Å². The van der Waals surface area contributed by atoms with Crippen molar-refractivity contribution in [1.29, 1.82) is 0 Å². The Kier molecular flexibility index (Phi) is 3.60. The van der Waals surface area contributed by atoms with Gasteiger partial charge < -0.3 is 11.1 Å². The van der Waals surface area contributed by atoms with Crippen LogP contribution in [-0.4, -0.2) is 4.98 Å². The molecule has 0 spiro atoms. The molecular formula is C14H17N3. The van der Waals surface area contributed by atoms with Gasteiger partial charge in [-0.3, -0.25) is 4.98 Å². The first-order valence-electron chi connectivity index (χ1n) is 5.81. The highest BCUT2D eigenvalue weighted by Crippen LogP contribution is 2.22. The molecule has 17 heavy (non-hydrogen) atoms. The van der Waals surface area contributed by atoms with Gasteiger partial charge in [-0.2, -0.15) is 0 Å². The average molecular weight is 227 g/mol. The molecule has 1 aromatic heterocycles. The Morgan fingerprint density at radius 2 is 2.00 bits per heavy atom. The second kappa shape index (κ2) is 5.34. The number of benzene rings is 1. The highest BCUT2D eigenvalue weighted by molar-refractivity contribution is 5.52. The zero-order valence-corrected chi connectivity index (χ0v) is 9.93. The van der Waals surface area contributed by atoms with Crippen LogP contribution in [0.1, 0.15) is 24.9 Å². The molecule has 3 N–H and O–H groups in total. The van der Waals surface area contributed by atoms with E-state index in [1.165, 1.54) is 5.56 Å². The SMILES string of the molecule is CCC(Nc1cncc(N)c1)c1ccccc1. The maximum absolute atomic E-state index is 5.71. The number of pyridine rings is 1. The molecule has 1 unspecified atom stereocenters. The third-order valence-corrected chi connectivity index (χ3v) is 2.71. The number of nitrogens with zero attached hydrogens (tertiary/aromatic N) is 1. The Morgan fingerprint density at radius 1 is 1.24 bits per heavy atom. The Balaban J connectivity index is 2.16. The van der Waals surface area contributed by atoms with Crippen molar-refractivity contribution in [2.75, 3.05) is 11.1 Å². The van der Waals surface area contributed by atoms with Gasteiger partial charge in [0.05, 0.1) is 23.6 Å². The van der Waals surface area contributed by atoms with E-state index in [4.69, 9.17) is 5.73 Å². The highest BCUT2D eigenvalue weighted by atomic mass is 14.9. The van der Waals surface area contributed by atoms with Crippen LogP contribution in [0.3, 0.4) is 0 Å². The summed E-state index contributed by atoms with van der Waals surface area (Å²) < 4.78 is 0. The van der Waals surface area contributed by atoms with Gasteiger partial charge in [-0.25, -0.2) is 0 Å².